The van der Waals surface area contributed by atoms with Gasteiger partial charge in [-0.15, -0.1) is 0 Å². The maximum atomic E-state index is 12.1. The van der Waals surface area contributed by atoms with Crippen molar-refractivity contribution in [1.82, 2.24) is 5.32 Å². The Morgan fingerprint density at radius 3 is 2.58 bits per heavy atom. The van der Waals surface area contributed by atoms with E-state index in [0.29, 0.717) is 12.2 Å². The van der Waals surface area contributed by atoms with Crippen molar-refractivity contribution >= 4 is 5.91 Å². The highest BCUT2D eigenvalue weighted by Crippen LogP contribution is 2.15. The first-order valence-electron chi connectivity index (χ1n) is 6.65. The van der Waals surface area contributed by atoms with Crippen LogP contribution in [0.4, 0.5) is 0 Å². The monoisotopic (exact) mass is 265 g/mol. The average molecular weight is 265 g/mol. The minimum absolute atomic E-state index is 0.0541. The lowest BCUT2D eigenvalue weighted by atomic mass is 9.94. The molecule has 0 aliphatic rings. The number of aliphatic hydroxyl groups is 1. The maximum Gasteiger partial charge on any atom is 0.261 e. The van der Waals surface area contributed by atoms with Crippen LogP contribution < -0.4 is 10.1 Å². The molecule has 0 bridgehead atoms. The molecule has 1 rings (SSSR count). The minimum atomic E-state index is -0.563. The number of ether oxygens (including phenoxy) is 1. The van der Waals surface area contributed by atoms with Gasteiger partial charge in [0.05, 0.1) is 0 Å². The lowest BCUT2D eigenvalue weighted by molar-refractivity contribution is -0.129. The summed E-state index contributed by atoms with van der Waals surface area (Å²) in [5.74, 6) is 0.507. The third kappa shape index (κ3) is 4.91. The fraction of sp³-hybridized carbons (Fsp3) is 0.533. The first kappa shape index (κ1) is 15.5. The summed E-state index contributed by atoms with van der Waals surface area (Å²) in [6.07, 6.45) is 0.733. The Labute approximate surface area is 114 Å². The first-order chi connectivity index (χ1) is 9.00. The van der Waals surface area contributed by atoms with Crippen molar-refractivity contribution in [2.24, 2.45) is 0 Å². The second-order valence-corrected chi connectivity index (χ2v) is 4.95. The van der Waals surface area contributed by atoms with Gasteiger partial charge in [-0.3, -0.25) is 4.79 Å². The minimum Gasteiger partial charge on any atom is -0.481 e. The molecular formula is C15H23NO3. The topological polar surface area (TPSA) is 58.6 Å². The number of benzene rings is 1. The Bertz CT molecular complexity index is 394. The van der Waals surface area contributed by atoms with E-state index in [9.17, 15) is 4.79 Å². The first-order valence-corrected chi connectivity index (χ1v) is 6.65. The SMILES string of the molecule is CCC(C)(CCO)NC(=O)C(C)Oc1ccccc1. The summed E-state index contributed by atoms with van der Waals surface area (Å²) >= 11 is 0. The van der Waals surface area contributed by atoms with Crippen LogP contribution in [0.2, 0.25) is 0 Å². The quantitative estimate of drug-likeness (QED) is 0.794. The van der Waals surface area contributed by atoms with Gasteiger partial charge in [0.25, 0.3) is 5.91 Å². The average Bonchev–Trinajstić information content (AvgIpc) is 2.40. The zero-order valence-corrected chi connectivity index (χ0v) is 11.8. The number of nitrogens with one attached hydrogen (secondary N) is 1. The molecule has 0 spiro atoms. The summed E-state index contributed by atoms with van der Waals surface area (Å²) in [5, 5.41) is 12.0. The molecule has 0 radical (unpaired) electrons. The standard InChI is InChI=1S/C15H23NO3/c1-4-15(3,10-11-17)16-14(18)12(2)19-13-8-6-5-7-9-13/h5-9,12,17H,4,10-11H2,1-3H3,(H,16,18). The molecule has 19 heavy (non-hydrogen) atoms. The van der Waals surface area contributed by atoms with Gasteiger partial charge in [0.1, 0.15) is 5.75 Å². The Morgan fingerprint density at radius 2 is 2.05 bits per heavy atom. The number of rotatable bonds is 7. The van der Waals surface area contributed by atoms with E-state index in [-0.39, 0.29) is 18.1 Å². The van der Waals surface area contributed by atoms with Gasteiger partial charge in [-0.2, -0.15) is 0 Å². The Kier molecular flexibility index (Phi) is 5.83. The summed E-state index contributed by atoms with van der Waals surface area (Å²) in [7, 11) is 0. The van der Waals surface area contributed by atoms with E-state index in [1.54, 1.807) is 6.92 Å². The third-order valence-electron chi connectivity index (χ3n) is 3.29. The smallest absolute Gasteiger partial charge is 0.261 e. The second-order valence-electron chi connectivity index (χ2n) is 4.95. The third-order valence-corrected chi connectivity index (χ3v) is 3.29. The van der Waals surface area contributed by atoms with E-state index in [2.05, 4.69) is 5.32 Å². The van der Waals surface area contributed by atoms with E-state index < -0.39 is 6.10 Å². The summed E-state index contributed by atoms with van der Waals surface area (Å²) in [6.45, 7) is 5.69. The maximum absolute atomic E-state index is 12.1. The Morgan fingerprint density at radius 1 is 1.42 bits per heavy atom. The van der Waals surface area contributed by atoms with Crippen LogP contribution in [-0.4, -0.2) is 29.3 Å². The molecular weight excluding hydrogens is 242 g/mol. The molecule has 0 saturated carbocycles. The van der Waals surface area contributed by atoms with Crippen molar-refractivity contribution in [1.29, 1.82) is 0 Å². The lowest BCUT2D eigenvalue weighted by Gasteiger charge is -2.30. The zero-order valence-electron chi connectivity index (χ0n) is 11.8. The van der Waals surface area contributed by atoms with E-state index in [4.69, 9.17) is 9.84 Å². The Hall–Kier alpha value is -1.55. The van der Waals surface area contributed by atoms with Crippen LogP contribution in [0, 0.1) is 0 Å². The highest BCUT2D eigenvalue weighted by Gasteiger charge is 2.26. The van der Waals surface area contributed by atoms with E-state index >= 15 is 0 Å². The van der Waals surface area contributed by atoms with Gasteiger partial charge < -0.3 is 15.2 Å². The molecule has 1 amide bonds. The molecule has 2 N–H and O–H groups in total. The predicted molar refractivity (Wildman–Crippen MR) is 75.1 cm³/mol. The van der Waals surface area contributed by atoms with Crippen molar-refractivity contribution in [2.45, 2.75) is 45.3 Å². The highest BCUT2D eigenvalue weighted by atomic mass is 16.5. The normalized spacial score (nSPS) is 15.4. The van der Waals surface area contributed by atoms with Crippen LogP contribution in [0.5, 0.6) is 5.75 Å². The molecule has 106 valence electrons. The largest absolute Gasteiger partial charge is 0.481 e. The number of carbonyl (C=O) groups excluding carboxylic acids is 1. The van der Waals surface area contributed by atoms with E-state index in [0.717, 1.165) is 6.42 Å². The molecule has 1 aromatic carbocycles. The van der Waals surface area contributed by atoms with Gasteiger partial charge in [-0.1, -0.05) is 25.1 Å². The summed E-state index contributed by atoms with van der Waals surface area (Å²) in [5.41, 5.74) is -0.389. The molecule has 0 heterocycles. The molecule has 4 nitrogen and oxygen atoms in total. The van der Waals surface area contributed by atoms with Crippen molar-refractivity contribution in [3.05, 3.63) is 30.3 Å². The van der Waals surface area contributed by atoms with Crippen molar-refractivity contribution in [3.63, 3.8) is 0 Å². The fourth-order valence-electron chi connectivity index (χ4n) is 1.73. The van der Waals surface area contributed by atoms with Crippen LogP contribution in [0.15, 0.2) is 30.3 Å². The van der Waals surface area contributed by atoms with Gasteiger partial charge in [0.15, 0.2) is 6.10 Å². The molecule has 2 atom stereocenters. The van der Waals surface area contributed by atoms with Gasteiger partial charge in [0, 0.05) is 12.1 Å². The molecule has 2 unspecified atom stereocenters. The molecule has 0 aliphatic carbocycles. The molecule has 0 aliphatic heterocycles. The summed E-state index contributed by atoms with van der Waals surface area (Å²) < 4.78 is 5.57. The number of para-hydroxylation sites is 1. The van der Waals surface area contributed by atoms with Gasteiger partial charge >= 0.3 is 0 Å². The van der Waals surface area contributed by atoms with Gasteiger partial charge in [-0.25, -0.2) is 0 Å². The van der Waals surface area contributed by atoms with Gasteiger partial charge in [-0.05, 0) is 38.8 Å². The lowest BCUT2D eigenvalue weighted by Crippen LogP contribution is -2.50. The second kappa shape index (κ2) is 7.14. The van der Waals surface area contributed by atoms with Gasteiger partial charge in [0.2, 0.25) is 0 Å². The number of carbonyl (C=O) groups is 1. The predicted octanol–water partition coefficient (Wildman–Crippen LogP) is 2.12. The van der Waals surface area contributed by atoms with E-state index in [1.807, 2.05) is 44.2 Å². The van der Waals surface area contributed by atoms with Crippen LogP contribution in [-0.2, 0) is 4.79 Å². The zero-order chi connectivity index (χ0) is 14.3. The van der Waals surface area contributed by atoms with E-state index in [1.165, 1.54) is 0 Å². The number of hydrogen-bond donors (Lipinski definition) is 2. The molecule has 4 heteroatoms. The summed E-state index contributed by atoms with van der Waals surface area (Å²) in [4.78, 5) is 12.1. The number of aliphatic hydroxyl groups excluding tert-OH is 1. The highest BCUT2D eigenvalue weighted by molar-refractivity contribution is 5.81. The van der Waals surface area contributed by atoms with Crippen molar-refractivity contribution < 1.29 is 14.6 Å². The fourth-order valence-corrected chi connectivity index (χ4v) is 1.73. The number of hydrogen-bond acceptors (Lipinski definition) is 3. The van der Waals surface area contributed by atoms with Crippen molar-refractivity contribution in [3.8, 4) is 5.75 Å². The van der Waals surface area contributed by atoms with Crippen LogP contribution >= 0.6 is 0 Å². The Balaban J connectivity index is 2.57. The molecule has 0 fully saturated rings. The molecule has 0 saturated heterocycles. The van der Waals surface area contributed by atoms with Crippen LogP contribution in [0.3, 0.4) is 0 Å². The van der Waals surface area contributed by atoms with Crippen LogP contribution in [0.25, 0.3) is 0 Å². The van der Waals surface area contributed by atoms with Crippen molar-refractivity contribution in [2.75, 3.05) is 6.61 Å². The molecule has 0 aromatic heterocycles. The van der Waals surface area contributed by atoms with Crippen LogP contribution in [0.1, 0.15) is 33.6 Å². The molecule has 1 aromatic rings. The summed E-state index contributed by atoms with van der Waals surface area (Å²) in [6, 6.07) is 9.25. The number of amides is 1.